The number of aromatic nitrogens is 4. The van der Waals surface area contributed by atoms with E-state index in [4.69, 9.17) is 4.74 Å². The lowest BCUT2D eigenvalue weighted by Crippen LogP contribution is -2.55. The molecule has 1 N–H and O–H groups in total. The molecule has 4 atom stereocenters. The van der Waals surface area contributed by atoms with Crippen molar-refractivity contribution in [2.75, 3.05) is 13.2 Å². The molecule has 0 spiro atoms. The van der Waals surface area contributed by atoms with Crippen LogP contribution in [0.5, 0.6) is 0 Å². The van der Waals surface area contributed by atoms with Gasteiger partial charge in [-0.25, -0.2) is 4.68 Å². The van der Waals surface area contributed by atoms with Gasteiger partial charge in [0.05, 0.1) is 11.8 Å². The summed E-state index contributed by atoms with van der Waals surface area (Å²) in [5.41, 5.74) is 1.07. The Kier molecular flexibility index (Phi) is 6.16. The minimum Gasteiger partial charge on any atom is -0.367 e. The number of nitrogens with one attached hydrogen (secondary N) is 1. The monoisotopic (exact) mass is 466 g/mol. The predicted octanol–water partition coefficient (Wildman–Crippen LogP) is 1.40. The maximum atomic E-state index is 13.9. The molecule has 3 fully saturated rings. The minimum atomic E-state index is -0.684. The van der Waals surface area contributed by atoms with Crippen molar-refractivity contribution in [2.24, 2.45) is 17.8 Å². The number of ether oxygens (including phenoxy) is 1. The fraction of sp³-hybridized carbons (Fsp3) is 0.583. The van der Waals surface area contributed by atoms with Gasteiger partial charge in [-0.2, -0.15) is 0 Å². The van der Waals surface area contributed by atoms with E-state index in [1.807, 2.05) is 6.92 Å². The zero-order valence-corrected chi connectivity index (χ0v) is 19.5. The number of nitrogens with zero attached hydrogens (tertiary/aromatic N) is 5. The molecule has 3 aliphatic rings. The number of carbonyl (C=O) groups is 3. The lowest BCUT2D eigenvalue weighted by molar-refractivity contribution is -0.139. The van der Waals surface area contributed by atoms with Crippen LogP contribution in [0.2, 0.25) is 0 Å². The number of hydrogen-bond donors (Lipinski definition) is 1. The number of hydrogen-bond acceptors (Lipinski definition) is 7. The first-order valence-corrected chi connectivity index (χ1v) is 12.0. The van der Waals surface area contributed by atoms with Gasteiger partial charge in [0.25, 0.3) is 5.91 Å². The van der Waals surface area contributed by atoms with Crippen LogP contribution in [-0.4, -0.2) is 74.0 Å². The van der Waals surface area contributed by atoms with Crippen LogP contribution < -0.4 is 5.32 Å². The third kappa shape index (κ3) is 4.22. The highest BCUT2D eigenvalue weighted by Gasteiger charge is 2.52. The summed E-state index contributed by atoms with van der Waals surface area (Å²) in [6.07, 6.45) is 4.97. The molecule has 2 aromatic rings. The molecule has 2 saturated heterocycles. The molecule has 180 valence electrons. The number of rotatable bonds is 5. The van der Waals surface area contributed by atoms with Crippen molar-refractivity contribution in [3.05, 3.63) is 36.2 Å². The van der Waals surface area contributed by atoms with Gasteiger partial charge in [-0.15, -0.1) is 5.10 Å². The van der Waals surface area contributed by atoms with E-state index in [0.29, 0.717) is 23.7 Å². The second-order valence-corrected chi connectivity index (χ2v) is 9.93. The SMILES string of the molecule is CC1CCC(C(NC(=O)c2cccc(-n3cnnn3)c2)C(=O)N2C[C@H](C)[C@H]3OCC(=O)[C@H]32)CC1. The Morgan fingerprint density at radius 2 is 1.97 bits per heavy atom. The second kappa shape index (κ2) is 9.25. The summed E-state index contributed by atoms with van der Waals surface area (Å²) < 4.78 is 7.14. The van der Waals surface area contributed by atoms with Gasteiger partial charge in [-0.05, 0) is 53.3 Å². The second-order valence-electron chi connectivity index (χ2n) is 9.93. The van der Waals surface area contributed by atoms with Gasteiger partial charge in [0.15, 0.2) is 5.78 Å². The molecule has 1 aliphatic carbocycles. The minimum absolute atomic E-state index is 0.0297. The number of likely N-dealkylation sites (tertiary alicyclic amines) is 1. The van der Waals surface area contributed by atoms with Gasteiger partial charge in [0.2, 0.25) is 5.91 Å². The molecular weight excluding hydrogens is 436 g/mol. The van der Waals surface area contributed by atoms with Gasteiger partial charge >= 0.3 is 0 Å². The van der Waals surface area contributed by atoms with E-state index in [-0.39, 0.29) is 42.1 Å². The van der Waals surface area contributed by atoms with Gasteiger partial charge in [-0.3, -0.25) is 14.4 Å². The molecule has 3 heterocycles. The molecular formula is C24H30N6O4. The first kappa shape index (κ1) is 22.6. The Morgan fingerprint density at radius 1 is 1.18 bits per heavy atom. The van der Waals surface area contributed by atoms with E-state index >= 15 is 0 Å². The highest BCUT2D eigenvalue weighted by Crippen LogP contribution is 2.35. The van der Waals surface area contributed by atoms with Crippen LogP contribution >= 0.6 is 0 Å². The average molecular weight is 467 g/mol. The predicted molar refractivity (Wildman–Crippen MR) is 121 cm³/mol. The van der Waals surface area contributed by atoms with Gasteiger partial charge in [0.1, 0.15) is 25.0 Å². The summed E-state index contributed by atoms with van der Waals surface area (Å²) in [4.78, 5) is 41.4. The third-order valence-corrected chi connectivity index (χ3v) is 7.53. The summed E-state index contributed by atoms with van der Waals surface area (Å²) in [5.74, 6) is 0.154. The number of carbonyl (C=O) groups excluding carboxylic acids is 3. The number of benzene rings is 1. The van der Waals surface area contributed by atoms with Crippen LogP contribution in [0.1, 0.15) is 49.9 Å². The van der Waals surface area contributed by atoms with Gasteiger partial charge in [-0.1, -0.05) is 32.8 Å². The average Bonchev–Trinajstić information content (AvgIpc) is 3.58. The number of ketones is 1. The third-order valence-electron chi connectivity index (χ3n) is 7.53. The van der Waals surface area contributed by atoms with Crippen LogP contribution in [0, 0.1) is 17.8 Å². The fourth-order valence-electron chi connectivity index (χ4n) is 5.59. The summed E-state index contributed by atoms with van der Waals surface area (Å²) in [6.45, 7) is 4.73. The Labute approximate surface area is 198 Å². The molecule has 1 unspecified atom stereocenters. The quantitative estimate of drug-likeness (QED) is 0.707. The highest BCUT2D eigenvalue weighted by molar-refractivity contribution is 5.99. The molecule has 2 amide bonds. The normalized spacial score (nSPS) is 29.6. The molecule has 5 rings (SSSR count). The first-order valence-electron chi connectivity index (χ1n) is 12.0. The summed E-state index contributed by atoms with van der Waals surface area (Å²) in [5, 5.41) is 14.2. The topological polar surface area (TPSA) is 119 Å². The number of Topliss-reactive ketones (excluding diaryl/α,β-unsaturated/α-hetero) is 1. The molecule has 1 aromatic heterocycles. The van der Waals surface area contributed by atoms with Crippen LogP contribution in [0.3, 0.4) is 0 Å². The molecule has 0 radical (unpaired) electrons. The first-order chi connectivity index (χ1) is 16.4. The fourth-order valence-corrected chi connectivity index (χ4v) is 5.59. The molecule has 2 aliphatic heterocycles. The Morgan fingerprint density at radius 3 is 2.71 bits per heavy atom. The lowest BCUT2D eigenvalue weighted by Gasteiger charge is -2.35. The summed E-state index contributed by atoms with van der Waals surface area (Å²) >= 11 is 0. The van der Waals surface area contributed by atoms with E-state index in [0.717, 1.165) is 25.7 Å². The number of tetrazole rings is 1. The molecule has 1 saturated carbocycles. The van der Waals surface area contributed by atoms with Crippen LogP contribution in [0.15, 0.2) is 30.6 Å². The largest absolute Gasteiger partial charge is 0.367 e. The van der Waals surface area contributed by atoms with Crippen LogP contribution in [0.4, 0.5) is 0 Å². The molecule has 10 nitrogen and oxygen atoms in total. The van der Waals surface area contributed by atoms with Crippen LogP contribution in [-0.2, 0) is 14.3 Å². The van der Waals surface area contributed by atoms with Crippen molar-refractivity contribution >= 4 is 17.6 Å². The van der Waals surface area contributed by atoms with E-state index in [1.54, 1.807) is 29.2 Å². The van der Waals surface area contributed by atoms with E-state index in [1.165, 1.54) is 11.0 Å². The molecule has 0 bridgehead atoms. The van der Waals surface area contributed by atoms with E-state index < -0.39 is 12.1 Å². The van der Waals surface area contributed by atoms with Crippen molar-refractivity contribution in [1.82, 2.24) is 30.4 Å². The van der Waals surface area contributed by atoms with E-state index in [9.17, 15) is 14.4 Å². The van der Waals surface area contributed by atoms with Crippen molar-refractivity contribution in [3.63, 3.8) is 0 Å². The molecule has 1 aromatic carbocycles. The maximum absolute atomic E-state index is 13.9. The van der Waals surface area contributed by atoms with Crippen molar-refractivity contribution in [2.45, 2.75) is 57.7 Å². The molecule has 10 heteroatoms. The number of amides is 2. The Hall–Kier alpha value is -3.14. The van der Waals surface area contributed by atoms with Crippen molar-refractivity contribution in [1.29, 1.82) is 0 Å². The Balaban J connectivity index is 1.39. The van der Waals surface area contributed by atoms with E-state index in [2.05, 4.69) is 27.8 Å². The molecule has 34 heavy (non-hydrogen) atoms. The zero-order valence-electron chi connectivity index (χ0n) is 19.5. The smallest absolute Gasteiger partial charge is 0.252 e. The number of fused-ring (bicyclic) bond motifs is 1. The summed E-state index contributed by atoms with van der Waals surface area (Å²) in [6, 6.07) is 5.72. The Bertz CT molecular complexity index is 1070. The van der Waals surface area contributed by atoms with Crippen molar-refractivity contribution in [3.8, 4) is 5.69 Å². The zero-order chi connectivity index (χ0) is 23.8. The summed E-state index contributed by atoms with van der Waals surface area (Å²) in [7, 11) is 0. The van der Waals surface area contributed by atoms with Gasteiger partial charge in [0, 0.05) is 18.0 Å². The highest BCUT2D eigenvalue weighted by atomic mass is 16.5. The van der Waals surface area contributed by atoms with Gasteiger partial charge < -0.3 is 15.0 Å². The standard InChI is InChI=1S/C24H30N6O4/c1-14-6-8-16(9-7-14)20(24(33)29-11-15(2)22-21(29)19(31)12-34-22)26-23(32)17-4-3-5-18(10-17)30-13-25-27-28-30/h3-5,10,13-16,20-22H,6-9,11-12H2,1-2H3,(H,26,32)/t14?,15-,16?,20?,21+,22+/m0/s1. The van der Waals surface area contributed by atoms with Crippen molar-refractivity contribution < 1.29 is 19.1 Å². The maximum Gasteiger partial charge on any atom is 0.252 e. The van der Waals surface area contributed by atoms with Crippen LogP contribution in [0.25, 0.3) is 5.69 Å². The lowest BCUT2D eigenvalue weighted by atomic mass is 9.78.